The molecule has 2 rings (SSSR count). The first-order valence-electron chi connectivity index (χ1n) is 12.3. The van der Waals surface area contributed by atoms with Gasteiger partial charge in [0, 0.05) is 22.3 Å². The molecule has 0 spiro atoms. The first kappa shape index (κ1) is 34.4. The van der Waals surface area contributed by atoms with Gasteiger partial charge in [0.1, 0.15) is 17.0 Å². The maximum atomic E-state index is 13.3. The third kappa shape index (κ3) is 10.9. The summed E-state index contributed by atoms with van der Waals surface area (Å²) in [6.45, 7) is 12.7. The number of amides is 1. The first-order valence-corrected chi connectivity index (χ1v) is 22.0. The molecule has 11 nitrogen and oxygen atoms in total. The van der Waals surface area contributed by atoms with Gasteiger partial charge in [-0.2, -0.15) is 0 Å². The van der Waals surface area contributed by atoms with Crippen molar-refractivity contribution in [1.29, 1.82) is 0 Å². The van der Waals surface area contributed by atoms with E-state index in [0.717, 1.165) is 6.07 Å². The van der Waals surface area contributed by atoms with E-state index in [0.29, 0.717) is 18.4 Å². The molecule has 0 radical (unpaired) electrons. The molecule has 222 valence electrons. The molecule has 0 atom stereocenters. The van der Waals surface area contributed by atoms with Gasteiger partial charge in [-0.1, -0.05) is 62.5 Å². The predicted molar refractivity (Wildman–Crippen MR) is 159 cm³/mol. The fourth-order valence-electron chi connectivity index (χ4n) is 3.18. The summed E-state index contributed by atoms with van der Waals surface area (Å²) >= 11 is 12.9. The van der Waals surface area contributed by atoms with Gasteiger partial charge in [0.15, 0.2) is 6.29 Å². The summed E-state index contributed by atoms with van der Waals surface area (Å²) in [5.74, 6) is -2.91. The Bertz CT molecular complexity index is 1230. The van der Waals surface area contributed by atoms with E-state index in [4.69, 9.17) is 41.9 Å². The van der Waals surface area contributed by atoms with Crippen LogP contribution in [-0.2, 0) is 24.7 Å². The van der Waals surface area contributed by atoms with Crippen LogP contribution in [0.15, 0.2) is 30.5 Å². The number of hydrogen-bond donors (Lipinski definition) is 3. The molecule has 0 saturated heterocycles. The van der Waals surface area contributed by atoms with E-state index in [2.05, 4.69) is 49.6 Å². The standard InChI is InChI=1S/C24H35Cl2N2O9PSi2/c1-39(2,3)14-12-34-24(35-13-15-40(4,5)6,36-23(30)28-18-8-7-11-27-19(18)16-29)21-20(37-38(31,32)33)10-9-17(25)22(21)26/h7-11,16H,12-15H2,1-6H3,(H,28,30)(H2,31,32,33). The summed E-state index contributed by atoms with van der Waals surface area (Å²) in [6.07, 6.45) is 0.703. The maximum Gasteiger partial charge on any atom is 0.524 e. The lowest BCUT2D eigenvalue weighted by Crippen LogP contribution is -2.42. The highest BCUT2D eigenvalue weighted by Crippen LogP contribution is 2.49. The number of carbonyl (C=O) groups is 2. The van der Waals surface area contributed by atoms with Crippen LogP contribution < -0.4 is 9.84 Å². The number of benzene rings is 1. The maximum absolute atomic E-state index is 13.3. The lowest BCUT2D eigenvalue weighted by atomic mass is 10.1. The van der Waals surface area contributed by atoms with Crippen molar-refractivity contribution < 1.29 is 42.7 Å². The van der Waals surface area contributed by atoms with E-state index in [1.165, 1.54) is 24.4 Å². The van der Waals surface area contributed by atoms with Crippen molar-refractivity contribution in [1.82, 2.24) is 4.98 Å². The molecule has 1 amide bonds. The summed E-state index contributed by atoms with van der Waals surface area (Å²) in [5.41, 5.74) is -0.353. The van der Waals surface area contributed by atoms with E-state index in [1.807, 2.05) is 0 Å². The Labute approximate surface area is 245 Å². The number of carbonyl (C=O) groups excluding carboxylic acids is 2. The largest absolute Gasteiger partial charge is 0.524 e. The van der Waals surface area contributed by atoms with Gasteiger partial charge in [0.2, 0.25) is 0 Å². The summed E-state index contributed by atoms with van der Waals surface area (Å²) < 4.78 is 34.8. The lowest BCUT2D eigenvalue weighted by molar-refractivity contribution is -0.364. The van der Waals surface area contributed by atoms with Crippen LogP contribution in [0.5, 0.6) is 5.75 Å². The van der Waals surface area contributed by atoms with Gasteiger partial charge in [0.25, 0.3) is 0 Å². The third-order valence-corrected chi connectivity index (χ3v) is 9.93. The number of pyridine rings is 1. The highest BCUT2D eigenvalue weighted by Gasteiger charge is 2.46. The van der Waals surface area contributed by atoms with Gasteiger partial charge < -0.3 is 18.7 Å². The number of halogens is 2. The second kappa shape index (κ2) is 13.9. The molecule has 1 aromatic heterocycles. The molecule has 1 heterocycles. The van der Waals surface area contributed by atoms with Gasteiger partial charge in [-0.05, 0) is 36.4 Å². The molecule has 0 aliphatic carbocycles. The zero-order valence-electron chi connectivity index (χ0n) is 23.2. The van der Waals surface area contributed by atoms with Crippen molar-refractivity contribution in [2.45, 2.75) is 57.3 Å². The number of anilines is 1. The van der Waals surface area contributed by atoms with Crippen LogP contribution in [0.25, 0.3) is 0 Å². The Hall–Kier alpha value is -1.81. The van der Waals surface area contributed by atoms with Gasteiger partial charge in [-0.3, -0.25) is 24.9 Å². The van der Waals surface area contributed by atoms with Crippen LogP contribution in [0.3, 0.4) is 0 Å². The average molecular weight is 654 g/mol. The van der Waals surface area contributed by atoms with Gasteiger partial charge in [-0.25, -0.2) is 9.36 Å². The zero-order chi connectivity index (χ0) is 30.4. The highest BCUT2D eigenvalue weighted by molar-refractivity contribution is 7.46. The molecule has 3 N–H and O–H groups in total. The second-order valence-corrected chi connectivity index (χ2v) is 24.5. The van der Waals surface area contributed by atoms with Crippen LogP contribution in [-0.4, -0.2) is 56.5 Å². The van der Waals surface area contributed by atoms with Crippen LogP contribution in [0, 0.1) is 0 Å². The van der Waals surface area contributed by atoms with Crippen molar-refractivity contribution in [3.63, 3.8) is 0 Å². The average Bonchev–Trinajstić information content (AvgIpc) is 2.79. The molecule has 2 aromatic rings. The number of nitrogens with one attached hydrogen (secondary N) is 1. The van der Waals surface area contributed by atoms with Gasteiger partial charge >= 0.3 is 19.9 Å². The molecule has 1 aromatic carbocycles. The Morgan fingerprint density at radius 3 is 2.12 bits per heavy atom. The molecule has 0 bridgehead atoms. The Morgan fingerprint density at radius 1 is 1.05 bits per heavy atom. The number of ether oxygens (including phenoxy) is 3. The molecular formula is C24H35Cl2N2O9PSi2. The lowest BCUT2D eigenvalue weighted by Gasteiger charge is -2.35. The predicted octanol–water partition coefficient (Wildman–Crippen LogP) is 6.74. The smallest absolute Gasteiger partial charge is 0.404 e. The number of phosphoric acid groups is 1. The summed E-state index contributed by atoms with van der Waals surface area (Å²) in [4.78, 5) is 47.8. The van der Waals surface area contributed by atoms with Gasteiger partial charge in [-0.15, -0.1) is 0 Å². The monoisotopic (exact) mass is 652 g/mol. The number of phosphoric ester groups is 1. The molecule has 0 fully saturated rings. The SMILES string of the molecule is C[Si](C)(C)CCOC(OCC[Si](C)(C)C)(OC(=O)Nc1cccnc1C=O)c1c(OP(=O)(O)O)ccc(Cl)c1Cl. The number of aldehydes is 1. The Kier molecular flexibility index (Phi) is 12.0. The van der Waals surface area contributed by atoms with Crippen molar-refractivity contribution in [3.05, 3.63) is 51.8 Å². The second-order valence-electron chi connectivity index (χ2n) is 11.3. The number of hydrogen-bond acceptors (Lipinski definition) is 8. The number of rotatable bonds is 14. The fraction of sp³-hybridized carbons (Fsp3) is 0.458. The van der Waals surface area contributed by atoms with Crippen molar-refractivity contribution in [3.8, 4) is 5.75 Å². The Morgan fingerprint density at radius 2 is 1.62 bits per heavy atom. The molecule has 0 aliphatic heterocycles. The Balaban J connectivity index is 2.70. The van der Waals surface area contributed by atoms with E-state index < -0.39 is 41.8 Å². The van der Waals surface area contributed by atoms with Crippen molar-refractivity contribution >= 4 is 65.2 Å². The quantitative estimate of drug-likeness (QED) is 0.0865. The number of aromatic nitrogens is 1. The minimum absolute atomic E-state index is 0.0284. The minimum atomic E-state index is -5.13. The zero-order valence-corrected chi connectivity index (χ0v) is 27.6. The van der Waals surface area contributed by atoms with Crippen LogP contribution in [0.1, 0.15) is 16.1 Å². The molecule has 40 heavy (non-hydrogen) atoms. The summed E-state index contributed by atoms with van der Waals surface area (Å²) in [5, 5.41) is 2.13. The molecule has 0 unspecified atom stereocenters. The molecule has 16 heteroatoms. The summed E-state index contributed by atoms with van der Waals surface area (Å²) in [6, 6.07) is 6.56. The molecule has 0 aliphatic rings. The topological polar surface area (TPSA) is 154 Å². The fourth-order valence-corrected chi connectivity index (χ4v) is 5.44. The van der Waals surface area contributed by atoms with E-state index in [-0.39, 0.29) is 40.2 Å². The van der Waals surface area contributed by atoms with Gasteiger partial charge in [0.05, 0.1) is 28.9 Å². The van der Waals surface area contributed by atoms with Crippen LogP contribution >= 0.6 is 31.0 Å². The minimum Gasteiger partial charge on any atom is -0.404 e. The molecule has 0 saturated carbocycles. The van der Waals surface area contributed by atoms with Crippen molar-refractivity contribution in [2.75, 3.05) is 18.5 Å². The van der Waals surface area contributed by atoms with E-state index >= 15 is 0 Å². The first-order chi connectivity index (χ1) is 18.4. The highest BCUT2D eigenvalue weighted by atomic mass is 35.5. The number of nitrogens with zero attached hydrogens (tertiary/aromatic N) is 1. The van der Waals surface area contributed by atoms with Crippen LogP contribution in [0.4, 0.5) is 10.5 Å². The summed E-state index contributed by atoms with van der Waals surface area (Å²) in [7, 11) is -8.53. The van der Waals surface area contributed by atoms with E-state index in [1.54, 1.807) is 0 Å². The van der Waals surface area contributed by atoms with Crippen LogP contribution in [0.2, 0.25) is 61.4 Å². The third-order valence-electron chi connectivity index (χ3n) is 5.28. The molecular weight excluding hydrogens is 618 g/mol. The van der Waals surface area contributed by atoms with E-state index in [9.17, 15) is 23.9 Å². The normalized spacial score (nSPS) is 12.7. The van der Waals surface area contributed by atoms with Crippen molar-refractivity contribution in [2.24, 2.45) is 0 Å².